The first-order chi connectivity index (χ1) is 13.3. The van der Waals surface area contributed by atoms with Crippen LogP contribution in [0.3, 0.4) is 0 Å². The molecule has 1 unspecified atom stereocenters. The smallest absolute Gasteiger partial charge is 0.410 e. The molecular weight excluding hydrogens is 391 g/mol. The molecule has 1 aromatic rings. The second-order valence-corrected chi connectivity index (χ2v) is 12.3. The molecule has 7 heteroatoms. The van der Waals surface area contributed by atoms with Crippen molar-refractivity contribution in [1.29, 1.82) is 0 Å². The SMILES string of the molecule is CC(C)(C)OC(=O)N1CCC2(CC1)Cc1cc(F)ccc1[C@H]2N[S+]([O-])C(C)(C)C. The number of amides is 1. The molecule has 1 aromatic carbocycles. The topological polar surface area (TPSA) is 64.6 Å². The van der Waals surface area contributed by atoms with Crippen molar-refractivity contribution in [1.82, 2.24) is 9.62 Å². The Balaban J connectivity index is 1.81. The highest BCUT2D eigenvalue weighted by molar-refractivity contribution is 7.90. The minimum atomic E-state index is -1.25. The molecule has 1 saturated heterocycles. The van der Waals surface area contributed by atoms with Gasteiger partial charge in [0.2, 0.25) is 0 Å². The average Bonchev–Trinajstić information content (AvgIpc) is 2.85. The van der Waals surface area contributed by atoms with Crippen LogP contribution in [0.1, 0.15) is 71.6 Å². The number of fused-ring (bicyclic) bond motifs is 1. The number of benzene rings is 1. The summed E-state index contributed by atoms with van der Waals surface area (Å²) in [4.78, 5) is 14.2. The van der Waals surface area contributed by atoms with E-state index in [0.29, 0.717) is 13.1 Å². The lowest BCUT2D eigenvalue weighted by Gasteiger charge is -2.43. The van der Waals surface area contributed by atoms with Gasteiger partial charge in [0.1, 0.15) is 16.2 Å². The third kappa shape index (κ3) is 4.89. The number of ether oxygens (including phenoxy) is 1. The summed E-state index contributed by atoms with van der Waals surface area (Å²) < 4.78 is 35.2. The maximum atomic E-state index is 13.9. The molecule has 1 fully saturated rings. The van der Waals surface area contributed by atoms with Gasteiger partial charge in [-0.25, -0.2) is 9.18 Å². The van der Waals surface area contributed by atoms with Crippen LogP contribution in [0.25, 0.3) is 0 Å². The number of carbonyl (C=O) groups is 1. The summed E-state index contributed by atoms with van der Waals surface area (Å²) in [5, 5.41) is 0. The van der Waals surface area contributed by atoms with Gasteiger partial charge in [-0.1, -0.05) is 6.07 Å². The van der Waals surface area contributed by atoms with E-state index in [2.05, 4.69) is 4.72 Å². The van der Waals surface area contributed by atoms with Crippen LogP contribution in [0.2, 0.25) is 0 Å². The van der Waals surface area contributed by atoms with Gasteiger partial charge in [-0.3, -0.25) is 0 Å². The molecule has 1 N–H and O–H groups in total. The molecule has 1 aliphatic carbocycles. The number of rotatable bonds is 2. The van der Waals surface area contributed by atoms with Crippen molar-refractivity contribution in [2.24, 2.45) is 5.41 Å². The summed E-state index contributed by atoms with van der Waals surface area (Å²) in [6, 6.07) is 4.76. The fourth-order valence-corrected chi connectivity index (χ4v) is 5.16. The standard InChI is InChI=1S/C22H33FN2O3S/c1-20(2,3)28-19(26)25-11-9-22(10-12-25)14-15-13-16(23)7-8-17(15)18(22)24-29(27)21(4,5)6/h7-8,13,18,24H,9-12,14H2,1-6H3/t18-,29?/m1/s1. The van der Waals surface area contributed by atoms with Gasteiger partial charge in [0.05, 0.1) is 6.04 Å². The van der Waals surface area contributed by atoms with Crippen molar-refractivity contribution in [3.05, 3.63) is 35.1 Å². The molecule has 5 nitrogen and oxygen atoms in total. The first-order valence-corrected chi connectivity index (χ1v) is 11.4. The monoisotopic (exact) mass is 424 g/mol. The van der Waals surface area contributed by atoms with E-state index in [9.17, 15) is 13.7 Å². The fraction of sp³-hybridized carbons (Fsp3) is 0.682. The number of carbonyl (C=O) groups excluding carboxylic acids is 1. The van der Waals surface area contributed by atoms with Crippen molar-refractivity contribution < 1.29 is 18.5 Å². The lowest BCUT2D eigenvalue weighted by Crippen LogP contribution is -2.51. The normalized spacial score (nSPS) is 22.5. The van der Waals surface area contributed by atoms with Crippen LogP contribution >= 0.6 is 0 Å². The number of likely N-dealkylation sites (tertiary alicyclic amines) is 1. The zero-order valence-electron chi connectivity index (χ0n) is 18.3. The molecule has 29 heavy (non-hydrogen) atoms. The zero-order valence-corrected chi connectivity index (χ0v) is 19.1. The Hall–Kier alpha value is -1.31. The number of hydrogen-bond donors (Lipinski definition) is 1. The number of nitrogens with one attached hydrogen (secondary N) is 1. The summed E-state index contributed by atoms with van der Waals surface area (Å²) in [5.41, 5.74) is 1.28. The number of hydrogen-bond acceptors (Lipinski definition) is 4. The summed E-state index contributed by atoms with van der Waals surface area (Å²) in [7, 11) is 0. The Bertz CT molecular complexity index is 764. The van der Waals surface area contributed by atoms with Gasteiger partial charge in [0, 0.05) is 29.9 Å². The fourth-order valence-electron chi connectivity index (χ4n) is 4.22. The second-order valence-electron chi connectivity index (χ2n) is 10.3. The van der Waals surface area contributed by atoms with E-state index in [1.54, 1.807) is 11.0 Å². The average molecular weight is 425 g/mol. The molecule has 1 aliphatic heterocycles. The molecule has 162 valence electrons. The van der Waals surface area contributed by atoms with Crippen LogP contribution in [-0.2, 0) is 22.5 Å². The first kappa shape index (κ1) is 22.4. The van der Waals surface area contributed by atoms with E-state index in [1.165, 1.54) is 6.07 Å². The van der Waals surface area contributed by atoms with Crippen LogP contribution in [0.15, 0.2) is 18.2 Å². The summed E-state index contributed by atoms with van der Waals surface area (Å²) in [6.07, 6.45) is 1.93. The second kappa shape index (κ2) is 7.75. The van der Waals surface area contributed by atoms with Crippen molar-refractivity contribution in [3.63, 3.8) is 0 Å². The number of piperidine rings is 1. The Morgan fingerprint density at radius 3 is 2.41 bits per heavy atom. The predicted molar refractivity (Wildman–Crippen MR) is 113 cm³/mol. The Morgan fingerprint density at radius 2 is 1.86 bits per heavy atom. The predicted octanol–water partition coefficient (Wildman–Crippen LogP) is 4.49. The summed E-state index contributed by atoms with van der Waals surface area (Å²) in [5.74, 6) is -0.248. The van der Waals surface area contributed by atoms with E-state index in [4.69, 9.17) is 4.74 Å². The molecule has 0 bridgehead atoms. The lowest BCUT2D eigenvalue weighted by molar-refractivity contribution is 0.00716. The Kier molecular flexibility index (Phi) is 5.98. The van der Waals surface area contributed by atoms with E-state index >= 15 is 0 Å². The van der Waals surface area contributed by atoms with Crippen molar-refractivity contribution in [3.8, 4) is 0 Å². The molecule has 2 atom stereocenters. The van der Waals surface area contributed by atoms with Gasteiger partial charge in [0.25, 0.3) is 0 Å². The maximum absolute atomic E-state index is 13.9. The quantitative estimate of drug-likeness (QED) is 0.711. The van der Waals surface area contributed by atoms with E-state index in [0.717, 1.165) is 30.4 Å². The van der Waals surface area contributed by atoms with Gasteiger partial charge in [-0.2, -0.15) is 0 Å². The Morgan fingerprint density at radius 1 is 1.24 bits per heavy atom. The molecule has 1 spiro atoms. The van der Waals surface area contributed by atoms with E-state index in [1.807, 2.05) is 47.6 Å². The van der Waals surface area contributed by atoms with Gasteiger partial charge in [-0.15, -0.1) is 4.72 Å². The van der Waals surface area contributed by atoms with Crippen LogP contribution in [-0.4, -0.2) is 39.0 Å². The molecule has 0 radical (unpaired) electrons. The van der Waals surface area contributed by atoms with E-state index < -0.39 is 21.7 Å². The van der Waals surface area contributed by atoms with Gasteiger partial charge in [-0.05, 0) is 84.1 Å². The highest BCUT2D eigenvalue weighted by Gasteiger charge is 2.51. The van der Waals surface area contributed by atoms with Crippen molar-refractivity contribution >= 4 is 17.5 Å². The van der Waals surface area contributed by atoms with Gasteiger partial charge in [0.15, 0.2) is 0 Å². The van der Waals surface area contributed by atoms with Crippen LogP contribution in [0, 0.1) is 11.2 Å². The summed E-state index contributed by atoms with van der Waals surface area (Å²) in [6.45, 7) is 12.6. The van der Waals surface area contributed by atoms with Crippen molar-refractivity contribution in [2.75, 3.05) is 13.1 Å². The molecular formula is C22H33FN2O3S. The third-order valence-corrected chi connectivity index (χ3v) is 7.33. The van der Waals surface area contributed by atoms with Crippen LogP contribution < -0.4 is 4.72 Å². The number of nitrogens with zero attached hydrogens (tertiary/aromatic N) is 1. The molecule has 1 heterocycles. The van der Waals surface area contributed by atoms with E-state index in [-0.39, 0.29) is 23.4 Å². The molecule has 3 rings (SSSR count). The lowest BCUT2D eigenvalue weighted by atomic mass is 9.73. The highest BCUT2D eigenvalue weighted by atomic mass is 32.2. The van der Waals surface area contributed by atoms with Crippen molar-refractivity contribution in [2.45, 2.75) is 77.2 Å². The maximum Gasteiger partial charge on any atom is 0.410 e. The van der Waals surface area contributed by atoms with Crippen LogP contribution in [0.5, 0.6) is 0 Å². The molecule has 2 aliphatic rings. The highest BCUT2D eigenvalue weighted by Crippen LogP contribution is 2.52. The zero-order chi connectivity index (χ0) is 21.6. The summed E-state index contributed by atoms with van der Waals surface area (Å²) >= 11 is -1.25. The number of halogens is 1. The van der Waals surface area contributed by atoms with Crippen LogP contribution in [0.4, 0.5) is 9.18 Å². The minimum Gasteiger partial charge on any atom is -0.598 e. The molecule has 0 aromatic heterocycles. The molecule has 1 amide bonds. The Labute approximate surface area is 176 Å². The van der Waals surface area contributed by atoms with Gasteiger partial charge >= 0.3 is 6.09 Å². The molecule has 0 saturated carbocycles. The minimum absolute atomic E-state index is 0.126. The first-order valence-electron chi connectivity index (χ1n) is 10.3. The third-order valence-electron chi connectivity index (χ3n) is 5.76. The van der Waals surface area contributed by atoms with Gasteiger partial charge < -0.3 is 14.2 Å². The largest absolute Gasteiger partial charge is 0.598 e.